The Morgan fingerprint density at radius 1 is 0.688 bits per heavy atom. The number of carbonyl (C=O) groups excluding carboxylic acids is 1. The Morgan fingerprint density at radius 2 is 1.15 bits per heavy atom. The van der Waals surface area contributed by atoms with Gasteiger partial charge in [0.15, 0.2) is 6.29 Å². The third-order valence-corrected chi connectivity index (χ3v) is 9.61. The number of hydrogen-bond acceptors (Lipinski definition) is 8. The molecule has 1 saturated heterocycles. The van der Waals surface area contributed by atoms with Gasteiger partial charge >= 0.3 is 0 Å². The second kappa shape index (κ2) is 30.7. The molecule has 1 heterocycles. The van der Waals surface area contributed by atoms with Crippen molar-refractivity contribution in [2.75, 3.05) is 13.2 Å². The Labute approximate surface area is 293 Å². The van der Waals surface area contributed by atoms with Crippen LogP contribution in [-0.2, 0) is 14.3 Å². The van der Waals surface area contributed by atoms with E-state index in [4.69, 9.17) is 9.47 Å². The van der Waals surface area contributed by atoms with E-state index < -0.39 is 49.5 Å². The zero-order valence-corrected chi connectivity index (χ0v) is 30.7. The van der Waals surface area contributed by atoms with E-state index in [1.807, 2.05) is 6.08 Å². The Hall–Kier alpha value is -1.07. The maximum atomic E-state index is 12.8. The van der Waals surface area contributed by atoms with E-state index in [0.717, 1.165) is 38.5 Å². The molecule has 9 heteroatoms. The van der Waals surface area contributed by atoms with Crippen molar-refractivity contribution in [2.24, 2.45) is 0 Å². The van der Waals surface area contributed by atoms with E-state index >= 15 is 0 Å². The van der Waals surface area contributed by atoms with Crippen LogP contribution in [0.1, 0.15) is 174 Å². The van der Waals surface area contributed by atoms with Crippen LogP contribution < -0.4 is 5.32 Å². The van der Waals surface area contributed by atoms with Crippen molar-refractivity contribution >= 4 is 5.91 Å². The van der Waals surface area contributed by atoms with Gasteiger partial charge in [0, 0.05) is 6.42 Å². The summed E-state index contributed by atoms with van der Waals surface area (Å²) in [5.74, 6) is -0.178. The van der Waals surface area contributed by atoms with Gasteiger partial charge in [-0.1, -0.05) is 161 Å². The average Bonchev–Trinajstić information content (AvgIpc) is 3.08. The van der Waals surface area contributed by atoms with Crippen LogP contribution in [0.5, 0.6) is 0 Å². The molecule has 7 atom stereocenters. The average molecular weight is 686 g/mol. The molecule has 1 aliphatic heterocycles. The second-order valence-electron chi connectivity index (χ2n) is 14.1. The molecule has 0 radical (unpaired) electrons. The number of unbranched alkanes of at least 4 members (excludes halogenated alkanes) is 22. The molecule has 1 fully saturated rings. The highest BCUT2D eigenvalue weighted by Crippen LogP contribution is 2.22. The van der Waals surface area contributed by atoms with E-state index in [0.29, 0.717) is 6.42 Å². The van der Waals surface area contributed by atoms with Crippen LogP contribution in [0.2, 0.25) is 0 Å². The molecule has 0 aliphatic carbocycles. The maximum absolute atomic E-state index is 12.8. The topological polar surface area (TPSA) is 149 Å². The van der Waals surface area contributed by atoms with Gasteiger partial charge < -0.3 is 40.3 Å². The fourth-order valence-corrected chi connectivity index (χ4v) is 6.33. The van der Waals surface area contributed by atoms with Gasteiger partial charge in [-0.25, -0.2) is 0 Å². The summed E-state index contributed by atoms with van der Waals surface area (Å²) in [6.45, 7) is 3.74. The molecule has 0 bridgehead atoms. The lowest BCUT2D eigenvalue weighted by Crippen LogP contribution is -2.60. The van der Waals surface area contributed by atoms with Crippen LogP contribution in [-0.4, -0.2) is 87.5 Å². The van der Waals surface area contributed by atoms with E-state index in [9.17, 15) is 30.3 Å². The summed E-state index contributed by atoms with van der Waals surface area (Å²) in [4.78, 5) is 12.8. The summed E-state index contributed by atoms with van der Waals surface area (Å²) in [6, 6.07) is -0.796. The highest BCUT2D eigenvalue weighted by Gasteiger charge is 2.44. The maximum Gasteiger partial charge on any atom is 0.220 e. The van der Waals surface area contributed by atoms with Crippen molar-refractivity contribution < 1.29 is 39.8 Å². The van der Waals surface area contributed by atoms with Gasteiger partial charge in [-0.05, 0) is 19.3 Å². The number of hydrogen-bond donors (Lipinski definition) is 6. The van der Waals surface area contributed by atoms with Crippen molar-refractivity contribution in [3.05, 3.63) is 12.2 Å². The summed E-state index contributed by atoms with van der Waals surface area (Å²) >= 11 is 0. The Morgan fingerprint density at radius 3 is 1.62 bits per heavy atom. The summed E-state index contributed by atoms with van der Waals surface area (Å²) in [5.41, 5.74) is 0. The number of carbonyl (C=O) groups is 1. The van der Waals surface area contributed by atoms with Crippen LogP contribution in [0.25, 0.3) is 0 Å². The lowest BCUT2D eigenvalue weighted by Gasteiger charge is -2.40. The fourth-order valence-electron chi connectivity index (χ4n) is 6.33. The van der Waals surface area contributed by atoms with Gasteiger partial charge in [0.05, 0.1) is 25.4 Å². The molecule has 0 spiro atoms. The summed E-state index contributed by atoms with van der Waals surface area (Å²) in [5, 5.41) is 53.9. The van der Waals surface area contributed by atoms with Crippen LogP contribution in [0, 0.1) is 0 Å². The monoisotopic (exact) mass is 686 g/mol. The summed E-state index contributed by atoms with van der Waals surface area (Å²) < 4.78 is 11.2. The van der Waals surface area contributed by atoms with E-state index in [2.05, 4.69) is 19.2 Å². The molecule has 0 aromatic carbocycles. The number of aliphatic hydroxyl groups is 5. The van der Waals surface area contributed by atoms with Gasteiger partial charge in [-0.15, -0.1) is 0 Å². The first-order valence-electron chi connectivity index (χ1n) is 19.9. The van der Waals surface area contributed by atoms with Gasteiger partial charge in [-0.2, -0.15) is 0 Å². The van der Waals surface area contributed by atoms with Gasteiger partial charge in [0.1, 0.15) is 24.4 Å². The minimum absolute atomic E-state index is 0.178. The van der Waals surface area contributed by atoms with Gasteiger partial charge in [0.25, 0.3) is 0 Å². The zero-order valence-electron chi connectivity index (χ0n) is 30.7. The summed E-state index contributed by atoms with van der Waals surface area (Å²) in [6.07, 6.45) is 25.3. The van der Waals surface area contributed by atoms with Crippen LogP contribution in [0.15, 0.2) is 12.2 Å². The molecule has 0 saturated carbocycles. The number of allylic oxidation sites excluding steroid dienone is 1. The van der Waals surface area contributed by atoms with Gasteiger partial charge in [-0.3, -0.25) is 4.79 Å². The van der Waals surface area contributed by atoms with Crippen LogP contribution >= 0.6 is 0 Å². The number of amides is 1. The normalized spacial score (nSPS) is 22.7. The lowest BCUT2D eigenvalue weighted by molar-refractivity contribution is -0.302. The first-order valence-corrected chi connectivity index (χ1v) is 19.9. The fraction of sp³-hybridized carbons (Fsp3) is 0.923. The second-order valence-corrected chi connectivity index (χ2v) is 14.1. The molecule has 0 aromatic heterocycles. The third-order valence-electron chi connectivity index (χ3n) is 9.61. The number of ether oxygens (including phenoxy) is 2. The van der Waals surface area contributed by atoms with Gasteiger partial charge in [0.2, 0.25) is 5.91 Å². The molecule has 1 amide bonds. The quantitative estimate of drug-likeness (QED) is 0.0328. The predicted molar refractivity (Wildman–Crippen MR) is 194 cm³/mol. The number of rotatable bonds is 32. The molecule has 6 N–H and O–H groups in total. The van der Waals surface area contributed by atoms with Crippen LogP contribution in [0.3, 0.4) is 0 Å². The lowest BCUT2D eigenvalue weighted by atomic mass is 9.99. The first-order chi connectivity index (χ1) is 23.3. The van der Waals surface area contributed by atoms with Crippen molar-refractivity contribution in [2.45, 2.75) is 217 Å². The predicted octanol–water partition coefficient (Wildman–Crippen LogP) is 7.00. The van der Waals surface area contributed by atoms with E-state index in [-0.39, 0.29) is 12.5 Å². The Balaban J connectivity index is 2.45. The van der Waals surface area contributed by atoms with Crippen LogP contribution in [0.4, 0.5) is 0 Å². The highest BCUT2D eigenvalue weighted by atomic mass is 16.7. The minimum Gasteiger partial charge on any atom is -0.394 e. The zero-order chi connectivity index (χ0) is 35.2. The van der Waals surface area contributed by atoms with Crippen molar-refractivity contribution in [1.29, 1.82) is 0 Å². The van der Waals surface area contributed by atoms with Crippen molar-refractivity contribution in [3.63, 3.8) is 0 Å². The minimum atomic E-state index is -1.56. The van der Waals surface area contributed by atoms with Crippen molar-refractivity contribution in [1.82, 2.24) is 5.32 Å². The largest absolute Gasteiger partial charge is 0.394 e. The molecule has 1 aliphatic rings. The molecule has 48 heavy (non-hydrogen) atoms. The standard InChI is InChI=1S/C39H75NO8/c1-3-5-7-9-11-13-15-17-18-20-22-24-26-28-33(42)32(31-47-39-38(46)37(45)36(44)34(30-41)48-39)40-35(43)29-27-25-23-21-19-16-14-12-10-8-6-4-2/h26,28,32-34,36-39,41-42,44-46H,3-25,27,29-31H2,1-2H3,(H,40,43)/b28-26+/t32-,33+,34+,36+,37?,38?,39+/m0/s1. The smallest absolute Gasteiger partial charge is 0.220 e. The molecular weight excluding hydrogens is 610 g/mol. The van der Waals surface area contributed by atoms with Crippen molar-refractivity contribution in [3.8, 4) is 0 Å². The number of aliphatic hydroxyl groups excluding tert-OH is 5. The molecule has 1 rings (SSSR count). The van der Waals surface area contributed by atoms with E-state index in [1.54, 1.807) is 6.08 Å². The Bertz CT molecular complexity index is 766. The molecular formula is C39H75NO8. The molecule has 284 valence electrons. The van der Waals surface area contributed by atoms with E-state index in [1.165, 1.54) is 116 Å². The third kappa shape index (κ3) is 21.9. The molecule has 0 aromatic rings. The SMILES string of the molecule is CCCCCCCCCCCCC/C=C/[C@@H](O)[C@H](CO[C@@H]1O[C@H](CO)[C@@H](O)C(O)C1O)NC(=O)CCCCCCCCCCCCCC. The summed E-state index contributed by atoms with van der Waals surface area (Å²) in [7, 11) is 0. The number of nitrogens with one attached hydrogen (secondary N) is 1. The Kier molecular flexibility index (Phi) is 28.8. The first kappa shape index (κ1) is 45.0. The molecule has 9 nitrogen and oxygen atoms in total. The molecule has 2 unspecified atom stereocenters. The highest BCUT2D eigenvalue weighted by molar-refractivity contribution is 5.76.